The lowest BCUT2D eigenvalue weighted by molar-refractivity contribution is -0.138. The number of hydrogen-bond acceptors (Lipinski definition) is 2. The Kier molecular flexibility index (Phi) is 4.06. The molecule has 0 heterocycles. The Morgan fingerprint density at radius 1 is 1.24 bits per heavy atom. The van der Waals surface area contributed by atoms with E-state index in [0.717, 1.165) is 37.1 Å². The summed E-state index contributed by atoms with van der Waals surface area (Å²) < 4.78 is 37.2. The molecule has 1 saturated carbocycles. The third kappa shape index (κ3) is 4.11. The van der Waals surface area contributed by atoms with E-state index >= 15 is 0 Å². The fourth-order valence-electron chi connectivity index (χ4n) is 1.84. The van der Waals surface area contributed by atoms with Gasteiger partial charge in [0.15, 0.2) is 0 Å². The number of carboxylic acid groups (broad SMARTS) is 1. The highest BCUT2D eigenvalue weighted by atomic mass is 19.4. The van der Waals surface area contributed by atoms with Gasteiger partial charge in [0.05, 0.1) is 5.56 Å². The molecular formula is C13H13F3N2O3. The monoisotopic (exact) mass is 302 g/mol. The second-order valence-corrected chi connectivity index (χ2v) is 4.76. The van der Waals surface area contributed by atoms with Gasteiger partial charge in [-0.3, -0.25) is 4.79 Å². The number of benzene rings is 1. The first-order chi connectivity index (χ1) is 9.77. The number of urea groups is 1. The number of carboxylic acids is 1. The summed E-state index contributed by atoms with van der Waals surface area (Å²) in [6.45, 7) is -0.433. The van der Waals surface area contributed by atoms with Gasteiger partial charge >= 0.3 is 18.2 Å². The summed E-state index contributed by atoms with van der Waals surface area (Å²) in [5, 5.41) is 11.2. The third-order valence-corrected chi connectivity index (χ3v) is 3.02. The second-order valence-electron chi connectivity index (χ2n) is 4.76. The molecule has 2 N–H and O–H groups in total. The molecule has 1 aromatic rings. The van der Waals surface area contributed by atoms with Crippen molar-refractivity contribution in [1.82, 2.24) is 4.90 Å². The summed E-state index contributed by atoms with van der Waals surface area (Å²) in [4.78, 5) is 23.8. The molecule has 1 aromatic carbocycles. The van der Waals surface area contributed by atoms with E-state index in [9.17, 15) is 22.8 Å². The number of nitrogens with one attached hydrogen (secondary N) is 1. The smallest absolute Gasteiger partial charge is 0.416 e. The predicted molar refractivity (Wildman–Crippen MR) is 67.8 cm³/mol. The van der Waals surface area contributed by atoms with E-state index in [1.165, 1.54) is 4.90 Å². The molecule has 0 unspecified atom stereocenters. The predicted octanol–water partition coefficient (Wildman–Crippen LogP) is 2.79. The number of amides is 2. The van der Waals surface area contributed by atoms with Crippen molar-refractivity contribution >= 4 is 17.7 Å². The summed E-state index contributed by atoms with van der Waals surface area (Å²) >= 11 is 0. The summed E-state index contributed by atoms with van der Waals surface area (Å²) in [5.74, 6) is -1.13. The van der Waals surface area contributed by atoms with Crippen LogP contribution in [0.5, 0.6) is 0 Å². The Morgan fingerprint density at radius 2 is 1.81 bits per heavy atom. The summed E-state index contributed by atoms with van der Waals surface area (Å²) in [7, 11) is 0. The van der Waals surface area contributed by atoms with Gasteiger partial charge in [0, 0.05) is 11.7 Å². The number of carbonyl (C=O) groups excluding carboxylic acids is 1. The standard InChI is InChI=1S/C13H13F3N2O3/c14-13(15,16)8-1-3-9(4-2-8)17-12(21)18(7-11(19)20)10-5-6-10/h1-4,10H,5-7H2,(H,17,21)(H,19,20). The molecule has 0 aromatic heterocycles. The molecule has 0 atom stereocenters. The lowest BCUT2D eigenvalue weighted by Crippen LogP contribution is -2.40. The molecule has 1 aliphatic rings. The van der Waals surface area contributed by atoms with E-state index in [2.05, 4.69) is 5.32 Å². The van der Waals surface area contributed by atoms with Crippen molar-refractivity contribution in [3.63, 3.8) is 0 Å². The van der Waals surface area contributed by atoms with Crippen molar-refractivity contribution in [3.8, 4) is 0 Å². The highest BCUT2D eigenvalue weighted by Crippen LogP contribution is 2.30. The molecule has 8 heteroatoms. The number of carbonyl (C=O) groups is 2. The van der Waals surface area contributed by atoms with Gasteiger partial charge in [0.2, 0.25) is 0 Å². The zero-order valence-electron chi connectivity index (χ0n) is 10.9. The van der Waals surface area contributed by atoms with Crippen LogP contribution in [0.4, 0.5) is 23.7 Å². The van der Waals surface area contributed by atoms with Crippen LogP contribution in [0.15, 0.2) is 24.3 Å². The lowest BCUT2D eigenvalue weighted by atomic mass is 10.2. The fraction of sp³-hybridized carbons (Fsp3) is 0.385. The third-order valence-electron chi connectivity index (χ3n) is 3.02. The maximum Gasteiger partial charge on any atom is 0.416 e. The van der Waals surface area contributed by atoms with Crippen molar-refractivity contribution < 1.29 is 27.9 Å². The number of rotatable bonds is 4. The van der Waals surface area contributed by atoms with Gasteiger partial charge in [-0.15, -0.1) is 0 Å². The molecule has 0 spiro atoms. The van der Waals surface area contributed by atoms with Gasteiger partial charge in [0.25, 0.3) is 0 Å². The van der Waals surface area contributed by atoms with Gasteiger partial charge in [-0.1, -0.05) is 0 Å². The topological polar surface area (TPSA) is 69.6 Å². The average molecular weight is 302 g/mol. The maximum absolute atomic E-state index is 12.4. The van der Waals surface area contributed by atoms with Crippen LogP contribution in [0, 0.1) is 0 Å². The second kappa shape index (κ2) is 5.63. The van der Waals surface area contributed by atoms with Crippen LogP contribution in [0.2, 0.25) is 0 Å². The van der Waals surface area contributed by atoms with Crippen molar-refractivity contribution in [3.05, 3.63) is 29.8 Å². The fourth-order valence-corrected chi connectivity index (χ4v) is 1.84. The molecule has 0 aliphatic heterocycles. The molecule has 0 radical (unpaired) electrons. The zero-order valence-corrected chi connectivity index (χ0v) is 10.9. The first-order valence-electron chi connectivity index (χ1n) is 6.24. The Hall–Kier alpha value is -2.25. The summed E-state index contributed by atoms with van der Waals surface area (Å²) in [6, 6.07) is 3.23. The van der Waals surface area contributed by atoms with E-state index in [-0.39, 0.29) is 11.7 Å². The number of hydrogen-bond donors (Lipinski definition) is 2. The van der Waals surface area contributed by atoms with Crippen LogP contribution in [-0.2, 0) is 11.0 Å². The van der Waals surface area contributed by atoms with Gasteiger partial charge in [-0.05, 0) is 37.1 Å². The SMILES string of the molecule is O=C(O)CN(C(=O)Nc1ccc(C(F)(F)F)cc1)C1CC1. The summed E-state index contributed by atoms with van der Waals surface area (Å²) in [5.41, 5.74) is -0.630. The largest absolute Gasteiger partial charge is 0.480 e. The molecule has 0 bridgehead atoms. The Labute approximate surface area is 118 Å². The molecule has 2 rings (SSSR count). The number of anilines is 1. The molecule has 0 saturated heterocycles. The van der Waals surface area contributed by atoms with E-state index in [1.54, 1.807) is 0 Å². The minimum absolute atomic E-state index is 0.115. The molecule has 5 nitrogen and oxygen atoms in total. The first kappa shape index (κ1) is 15.1. The average Bonchev–Trinajstić information content (AvgIpc) is 3.19. The van der Waals surface area contributed by atoms with Gasteiger partial charge in [0.1, 0.15) is 6.54 Å². The van der Waals surface area contributed by atoms with Crippen LogP contribution in [0.3, 0.4) is 0 Å². The number of nitrogens with zero attached hydrogens (tertiary/aromatic N) is 1. The van der Waals surface area contributed by atoms with E-state index in [0.29, 0.717) is 0 Å². The lowest BCUT2D eigenvalue weighted by Gasteiger charge is -2.20. The van der Waals surface area contributed by atoms with Gasteiger partial charge in [-0.2, -0.15) is 13.2 Å². The Balaban J connectivity index is 2.02. The van der Waals surface area contributed by atoms with E-state index in [1.807, 2.05) is 0 Å². The Morgan fingerprint density at radius 3 is 2.24 bits per heavy atom. The highest BCUT2D eigenvalue weighted by molar-refractivity contribution is 5.91. The molecular weight excluding hydrogens is 289 g/mol. The highest BCUT2D eigenvalue weighted by Gasteiger charge is 2.34. The molecule has 1 aliphatic carbocycles. The van der Waals surface area contributed by atoms with Crippen LogP contribution >= 0.6 is 0 Å². The molecule has 2 amide bonds. The van der Waals surface area contributed by atoms with Crippen LogP contribution in [0.25, 0.3) is 0 Å². The van der Waals surface area contributed by atoms with E-state index < -0.39 is 30.3 Å². The minimum Gasteiger partial charge on any atom is -0.480 e. The van der Waals surface area contributed by atoms with Gasteiger partial charge in [-0.25, -0.2) is 4.79 Å². The molecule has 114 valence electrons. The Bertz CT molecular complexity index is 539. The first-order valence-corrected chi connectivity index (χ1v) is 6.24. The normalized spacial score (nSPS) is 14.6. The zero-order chi connectivity index (χ0) is 15.6. The van der Waals surface area contributed by atoms with E-state index in [4.69, 9.17) is 5.11 Å². The van der Waals surface area contributed by atoms with Crippen LogP contribution in [0.1, 0.15) is 18.4 Å². The maximum atomic E-state index is 12.4. The number of alkyl halides is 3. The number of halogens is 3. The molecule has 1 fully saturated rings. The van der Waals surface area contributed by atoms with Gasteiger partial charge < -0.3 is 15.3 Å². The summed E-state index contributed by atoms with van der Waals surface area (Å²) in [6.07, 6.45) is -2.98. The quantitative estimate of drug-likeness (QED) is 0.898. The number of aliphatic carboxylic acids is 1. The van der Waals surface area contributed by atoms with Crippen molar-refractivity contribution in [2.24, 2.45) is 0 Å². The van der Waals surface area contributed by atoms with Crippen LogP contribution < -0.4 is 5.32 Å². The van der Waals surface area contributed by atoms with Crippen LogP contribution in [-0.4, -0.2) is 34.6 Å². The van der Waals surface area contributed by atoms with Crippen molar-refractivity contribution in [2.45, 2.75) is 25.1 Å². The van der Waals surface area contributed by atoms with Crippen molar-refractivity contribution in [2.75, 3.05) is 11.9 Å². The minimum atomic E-state index is -4.44. The van der Waals surface area contributed by atoms with Crippen molar-refractivity contribution in [1.29, 1.82) is 0 Å². The molecule has 21 heavy (non-hydrogen) atoms.